The van der Waals surface area contributed by atoms with E-state index >= 15 is 0 Å². The van der Waals surface area contributed by atoms with Crippen molar-refractivity contribution in [2.24, 2.45) is 15.9 Å². The lowest BCUT2D eigenvalue weighted by Crippen LogP contribution is -2.34. The Bertz CT molecular complexity index is 644. The van der Waals surface area contributed by atoms with E-state index in [-0.39, 0.29) is 12.0 Å². The maximum absolute atomic E-state index is 5.54. The van der Waals surface area contributed by atoms with Crippen LogP contribution in [-0.4, -0.2) is 53.4 Å². The van der Waals surface area contributed by atoms with Gasteiger partial charge in [0, 0.05) is 12.1 Å². The molecule has 0 spiro atoms. The van der Waals surface area contributed by atoms with Gasteiger partial charge in [-0.25, -0.2) is 9.98 Å². The summed E-state index contributed by atoms with van der Waals surface area (Å²) in [6.45, 7) is 4.12. The molecule has 0 saturated heterocycles. The summed E-state index contributed by atoms with van der Waals surface area (Å²) in [6.07, 6.45) is 0. The molecular formula is C18H26N2O5. The molecule has 25 heavy (non-hydrogen) atoms. The largest absolute Gasteiger partial charge is 0.496 e. The van der Waals surface area contributed by atoms with Crippen molar-refractivity contribution < 1.29 is 23.7 Å². The molecule has 138 valence electrons. The normalized spacial score (nSPS) is 19.8. The van der Waals surface area contributed by atoms with Gasteiger partial charge in [0.1, 0.15) is 23.3 Å². The van der Waals surface area contributed by atoms with Crippen LogP contribution in [0.4, 0.5) is 0 Å². The summed E-state index contributed by atoms with van der Waals surface area (Å²) in [5.41, 5.74) is 0.711. The van der Waals surface area contributed by atoms with Gasteiger partial charge in [0.25, 0.3) is 0 Å². The molecular weight excluding hydrogens is 324 g/mol. The van der Waals surface area contributed by atoms with Gasteiger partial charge in [-0.1, -0.05) is 13.8 Å². The molecule has 0 aliphatic carbocycles. The predicted octanol–water partition coefficient (Wildman–Crippen LogP) is 2.88. The van der Waals surface area contributed by atoms with Crippen molar-refractivity contribution in [1.82, 2.24) is 0 Å². The van der Waals surface area contributed by atoms with Crippen LogP contribution in [0.5, 0.6) is 17.2 Å². The smallest absolute Gasteiger partial charge is 0.214 e. The molecule has 1 aliphatic heterocycles. The zero-order valence-electron chi connectivity index (χ0n) is 15.8. The van der Waals surface area contributed by atoms with Crippen LogP contribution in [-0.2, 0) is 9.47 Å². The van der Waals surface area contributed by atoms with Crippen molar-refractivity contribution in [2.45, 2.75) is 25.9 Å². The van der Waals surface area contributed by atoms with Gasteiger partial charge in [0.15, 0.2) is 6.04 Å². The third-order valence-electron chi connectivity index (χ3n) is 4.09. The van der Waals surface area contributed by atoms with Gasteiger partial charge in [-0.15, -0.1) is 0 Å². The number of hydrogen-bond donors (Lipinski definition) is 0. The van der Waals surface area contributed by atoms with Gasteiger partial charge in [0.2, 0.25) is 11.8 Å². The van der Waals surface area contributed by atoms with Gasteiger partial charge < -0.3 is 23.7 Å². The molecule has 0 saturated carbocycles. The van der Waals surface area contributed by atoms with Crippen molar-refractivity contribution in [2.75, 3.05) is 35.5 Å². The molecule has 7 nitrogen and oxygen atoms in total. The summed E-state index contributed by atoms with van der Waals surface area (Å²) in [4.78, 5) is 9.44. The minimum absolute atomic E-state index is 0.188. The molecule has 0 amide bonds. The highest BCUT2D eigenvalue weighted by atomic mass is 16.5. The second kappa shape index (κ2) is 8.09. The summed E-state index contributed by atoms with van der Waals surface area (Å²) < 4.78 is 27.4. The average Bonchev–Trinajstić information content (AvgIpc) is 2.65. The molecule has 1 heterocycles. The molecule has 0 unspecified atom stereocenters. The SMILES string of the molecule is COC1=N[C@H](c2c(OC)cc(OC)cc2OC)C(OC)=N[C@H]1C(C)C. The Labute approximate surface area is 148 Å². The van der Waals surface area contributed by atoms with E-state index < -0.39 is 6.04 Å². The standard InChI is InChI=1S/C18H26N2O5/c1-10(2)15-17(24-6)20-16(18(19-15)25-7)14-12(22-4)8-11(21-3)9-13(14)23-5/h8-10,15-16H,1-7H3/t15-,16+/m0/s1. The highest BCUT2D eigenvalue weighted by Gasteiger charge is 2.35. The first-order chi connectivity index (χ1) is 12.0. The van der Waals surface area contributed by atoms with E-state index in [1.54, 1.807) is 47.7 Å². The van der Waals surface area contributed by atoms with E-state index in [1.807, 2.05) is 0 Å². The molecule has 0 radical (unpaired) electrons. The lowest BCUT2D eigenvalue weighted by atomic mass is 9.99. The first-order valence-electron chi connectivity index (χ1n) is 8.03. The topological polar surface area (TPSA) is 70.9 Å². The van der Waals surface area contributed by atoms with Gasteiger partial charge in [-0.05, 0) is 5.92 Å². The Morgan fingerprint density at radius 2 is 1.32 bits per heavy atom. The molecule has 2 rings (SSSR count). The second-order valence-electron chi connectivity index (χ2n) is 5.88. The van der Waals surface area contributed by atoms with Crippen LogP contribution in [0.25, 0.3) is 0 Å². The van der Waals surface area contributed by atoms with Gasteiger partial charge in [-0.2, -0.15) is 0 Å². The summed E-state index contributed by atoms with van der Waals surface area (Å²) >= 11 is 0. The van der Waals surface area contributed by atoms with Gasteiger partial charge in [0.05, 0.1) is 41.1 Å². The fourth-order valence-corrected chi connectivity index (χ4v) is 2.78. The van der Waals surface area contributed by atoms with Crippen LogP contribution in [0, 0.1) is 5.92 Å². The van der Waals surface area contributed by atoms with Gasteiger partial charge in [-0.3, -0.25) is 0 Å². The van der Waals surface area contributed by atoms with Crippen LogP contribution in [0.3, 0.4) is 0 Å². The van der Waals surface area contributed by atoms with Crippen molar-refractivity contribution in [3.8, 4) is 17.2 Å². The Morgan fingerprint density at radius 1 is 0.760 bits per heavy atom. The van der Waals surface area contributed by atoms with E-state index in [9.17, 15) is 0 Å². The number of methoxy groups -OCH3 is 5. The van der Waals surface area contributed by atoms with E-state index in [2.05, 4.69) is 13.8 Å². The molecule has 0 fully saturated rings. The van der Waals surface area contributed by atoms with E-state index in [1.165, 1.54) is 0 Å². The first kappa shape index (κ1) is 18.9. The number of benzene rings is 1. The number of rotatable bonds is 5. The third kappa shape index (κ3) is 3.65. The molecule has 0 aromatic heterocycles. The van der Waals surface area contributed by atoms with Crippen LogP contribution in [0.15, 0.2) is 22.1 Å². The number of nitrogens with zero attached hydrogens (tertiary/aromatic N) is 2. The summed E-state index contributed by atoms with van der Waals surface area (Å²) in [7, 11) is 7.94. The highest BCUT2D eigenvalue weighted by molar-refractivity contribution is 5.95. The zero-order chi connectivity index (χ0) is 18.6. The minimum Gasteiger partial charge on any atom is -0.496 e. The quantitative estimate of drug-likeness (QED) is 0.816. The molecule has 1 aromatic carbocycles. The maximum atomic E-state index is 5.54. The van der Waals surface area contributed by atoms with E-state index in [0.29, 0.717) is 34.6 Å². The van der Waals surface area contributed by atoms with Crippen molar-refractivity contribution in [3.63, 3.8) is 0 Å². The lowest BCUT2D eigenvalue weighted by molar-refractivity contribution is 0.327. The fraction of sp³-hybridized carbons (Fsp3) is 0.556. The van der Waals surface area contributed by atoms with E-state index in [4.69, 9.17) is 33.7 Å². The summed E-state index contributed by atoms with van der Waals surface area (Å²) in [5, 5.41) is 0. The average molecular weight is 350 g/mol. The molecule has 7 heteroatoms. The van der Waals surface area contributed by atoms with Crippen molar-refractivity contribution in [3.05, 3.63) is 17.7 Å². The summed E-state index contributed by atoms with van der Waals surface area (Å²) in [5.74, 6) is 3.05. The minimum atomic E-state index is -0.522. The second-order valence-corrected chi connectivity index (χ2v) is 5.88. The molecule has 1 aliphatic rings. The van der Waals surface area contributed by atoms with Crippen molar-refractivity contribution in [1.29, 1.82) is 0 Å². The highest BCUT2D eigenvalue weighted by Crippen LogP contribution is 2.42. The lowest BCUT2D eigenvalue weighted by Gasteiger charge is -2.28. The van der Waals surface area contributed by atoms with E-state index in [0.717, 1.165) is 0 Å². The Morgan fingerprint density at radius 3 is 1.72 bits per heavy atom. The molecule has 2 atom stereocenters. The van der Waals surface area contributed by atoms with Crippen LogP contribution >= 0.6 is 0 Å². The number of aliphatic imine (C=N–C) groups is 2. The molecule has 0 N–H and O–H groups in total. The zero-order valence-corrected chi connectivity index (χ0v) is 15.8. The fourth-order valence-electron chi connectivity index (χ4n) is 2.78. The predicted molar refractivity (Wildman–Crippen MR) is 96.4 cm³/mol. The van der Waals surface area contributed by atoms with Crippen LogP contribution in [0.1, 0.15) is 25.5 Å². The van der Waals surface area contributed by atoms with Crippen molar-refractivity contribution >= 4 is 11.8 Å². The number of hydrogen-bond acceptors (Lipinski definition) is 7. The van der Waals surface area contributed by atoms with Crippen LogP contribution in [0.2, 0.25) is 0 Å². The number of ether oxygens (including phenoxy) is 5. The van der Waals surface area contributed by atoms with Gasteiger partial charge >= 0.3 is 0 Å². The summed E-state index contributed by atoms with van der Waals surface area (Å²) in [6, 6.07) is 2.85. The maximum Gasteiger partial charge on any atom is 0.214 e. The molecule has 1 aromatic rings. The molecule has 0 bridgehead atoms. The monoisotopic (exact) mass is 350 g/mol. The Balaban J connectivity index is 2.63. The third-order valence-corrected chi connectivity index (χ3v) is 4.09. The first-order valence-corrected chi connectivity index (χ1v) is 8.03. The van der Waals surface area contributed by atoms with Crippen LogP contribution < -0.4 is 14.2 Å². The Kier molecular flexibility index (Phi) is 6.12. The Hall–Kier alpha value is -2.44.